The van der Waals surface area contributed by atoms with E-state index in [1.54, 1.807) is 0 Å². The fourth-order valence-electron chi connectivity index (χ4n) is 2.31. The summed E-state index contributed by atoms with van der Waals surface area (Å²) < 4.78 is 0. The van der Waals surface area contributed by atoms with Gasteiger partial charge in [-0.25, -0.2) is 0 Å². The average Bonchev–Trinajstić information content (AvgIpc) is 2.50. The molecular formula is C20H37N. The van der Waals surface area contributed by atoms with E-state index in [9.17, 15) is 0 Å². The second kappa shape index (κ2) is 19.2. The van der Waals surface area contributed by atoms with Gasteiger partial charge >= 0.3 is 0 Å². The molecule has 0 atom stereocenters. The van der Waals surface area contributed by atoms with Gasteiger partial charge < -0.3 is 5.73 Å². The van der Waals surface area contributed by atoms with Gasteiger partial charge in [0.1, 0.15) is 0 Å². The number of rotatable bonds is 15. The van der Waals surface area contributed by atoms with Crippen LogP contribution >= 0.6 is 0 Å². The molecule has 0 saturated heterocycles. The molecule has 0 aromatic heterocycles. The van der Waals surface area contributed by atoms with Crippen LogP contribution in [0.15, 0.2) is 36.5 Å². The molecule has 0 aliphatic rings. The lowest BCUT2D eigenvalue weighted by Gasteiger charge is -2.00. The zero-order chi connectivity index (χ0) is 15.4. The van der Waals surface area contributed by atoms with Gasteiger partial charge in [0, 0.05) is 0 Å². The fourth-order valence-corrected chi connectivity index (χ4v) is 2.31. The van der Waals surface area contributed by atoms with Crippen LogP contribution in [-0.2, 0) is 0 Å². The molecule has 0 amide bonds. The fraction of sp³-hybridized carbons (Fsp3) is 0.700. The third-order valence-electron chi connectivity index (χ3n) is 3.66. The van der Waals surface area contributed by atoms with E-state index >= 15 is 0 Å². The molecule has 21 heavy (non-hydrogen) atoms. The monoisotopic (exact) mass is 291 g/mol. The van der Waals surface area contributed by atoms with Gasteiger partial charge in [0.25, 0.3) is 0 Å². The van der Waals surface area contributed by atoms with E-state index in [0.717, 1.165) is 25.8 Å². The Kier molecular flexibility index (Phi) is 18.4. The minimum Gasteiger partial charge on any atom is -0.330 e. The van der Waals surface area contributed by atoms with E-state index in [1.165, 1.54) is 57.8 Å². The molecule has 0 saturated carbocycles. The van der Waals surface area contributed by atoms with Crippen LogP contribution in [0.5, 0.6) is 0 Å². The van der Waals surface area contributed by atoms with E-state index in [0.29, 0.717) is 0 Å². The molecule has 0 rings (SSSR count). The Labute approximate surface area is 133 Å². The largest absolute Gasteiger partial charge is 0.330 e. The highest BCUT2D eigenvalue weighted by molar-refractivity contribution is 4.91. The average molecular weight is 292 g/mol. The highest BCUT2D eigenvalue weighted by atomic mass is 14.5. The highest BCUT2D eigenvalue weighted by Crippen LogP contribution is 2.10. The second-order valence-electron chi connectivity index (χ2n) is 5.73. The second-order valence-corrected chi connectivity index (χ2v) is 5.73. The van der Waals surface area contributed by atoms with E-state index < -0.39 is 0 Å². The molecule has 0 aliphatic heterocycles. The van der Waals surface area contributed by atoms with Crippen molar-refractivity contribution in [2.45, 2.75) is 84.0 Å². The van der Waals surface area contributed by atoms with Crippen LogP contribution < -0.4 is 5.73 Å². The molecular weight excluding hydrogens is 254 g/mol. The summed E-state index contributed by atoms with van der Waals surface area (Å²) in [5.74, 6) is 0. The van der Waals surface area contributed by atoms with Crippen LogP contribution in [0.25, 0.3) is 0 Å². The van der Waals surface area contributed by atoms with E-state index in [4.69, 9.17) is 5.73 Å². The zero-order valence-corrected chi connectivity index (χ0v) is 14.2. The summed E-state index contributed by atoms with van der Waals surface area (Å²) in [4.78, 5) is 0. The Morgan fingerprint density at radius 1 is 0.571 bits per heavy atom. The normalized spacial score (nSPS) is 12.3. The Bertz CT molecular complexity index is 263. The molecule has 0 heterocycles. The van der Waals surface area contributed by atoms with E-state index in [-0.39, 0.29) is 0 Å². The van der Waals surface area contributed by atoms with Gasteiger partial charge in [-0.3, -0.25) is 0 Å². The maximum atomic E-state index is 5.45. The standard InChI is InChI=1S/C20H37N/c1-2-3-4-5-6-7-8-9-10-11-12-13-14-15-16-17-18-19-20-21/h2-3,5-6,16-17H,4,7-15,18-21H2,1H3. The van der Waals surface area contributed by atoms with Gasteiger partial charge in [-0.15, -0.1) is 0 Å². The summed E-state index contributed by atoms with van der Waals surface area (Å²) in [7, 11) is 0. The molecule has 0 spiro atoms. The smallest absolute Gasteiger partial charge is 0.00743 e. The molecule has 0 fully saturated rings. The Hall–Kier alpha value is -0.820. The van der Waals surface area contributed by atoms with Crippen molar-refractivity contribution in [3.63, 3.8) is 0 Å². The van der Waals surface area contributed by atoms with E-state index in [2.05, 4.69) is 43.4 Å². The van der Waals surface area contributed by atoms with Gasteiger partial charge in [0.2, 0.25) is 0 Å². The Morgan fingerprint density at radius 2 is 1.05 bits per heavy atom. The number of hydrogen-bond acceptors (Lipinski definition) is 1. The van der Waals surface area contributed by atoms with Crippen molar-refractivity contribution in [2.75, 3.05) is 6.54 Å². The predicted molar refractivity (Wildman–Crippen MR) is 97.6 cm³/mol. The molecule has 0 unspecified atom stereocenters. The lowest BCUT2D eigenvalue weighted by molar-refractivity contribution is 0.583. The third-order valence-corrected chi connectivity index (χ3v) is 3.66. The predicted octanol–water partition coefficient (Wildman–Crippen LogP) is 6.31. The number of hydrogen-bond donors (Lipinski definition) is 1. The molecule has 0 aromatic rings. The summed E-state index contributed by atoms with van der Waals surface area (Å²) in [5, 5.41) is 0. The summed E-state index contributed by atoms with van der Waals surface area (Å²) in [6.45, 7) is 2.89. The first kappa shape index (κ1) is 20.2. The van der Waals surface area contributed by atoms with Crippen LogP contribution in [0.1, 0.15) is 84.0 Å². The lowest BCUT2D eigenvalue weighted by Crippen LogP contribution is -1.96. The maximum Gasteiger partial charge on any atom is -0.00743 e. The minimum absolute atomic E-state index is 0.815. The van der Waals surface area contributed by atoms with Crippen LogP contribution in [0.3, 0.4) is 0 Å². The molecule has 0 aromatic carbocycles. The summed E-state index contributed by atoms with van der Waals surface area (Å²) in [6, 6.07) is 0. The molecule has 1 heteroatoms. The van der Waals surface area contributed by atoms with Crippen molar-refractivity contribution >= 4 is 0 Å². The van der Waals surface area contributed by atoms with Crippen LogP contribution in [-0.4, -0.2) is 6.54 Å². The number of nitrogens with two attached hydrogens (primary N) is 1. The van der Waals surface area contributed by atoms with Crippen LogP contribution in [0, 0.1) is 0 Å². The summed E-state index contributed by atoms with van der Waals surface area (Å²) >= 11 is 0. The SMILES string of the molecule is CC=CCC=CCCCCCCCCCC=CCCCN. The van der Waals surface area contributed by atoms with Gasteiger partial charge in [-0.1, -0.05) is 68.6 Å². The lowest BCUT2D eigenvalue weighted by atomic mass is 10.1. The zero-order valence-electron chi connectivity index (χ0n) is 14.2. The van der Waals surface area contributed by atoms with Gasteiger partial charge in [-0.2, -0.15) is 0 Å². The molecule has 2 N–H and O–H groups in total. The van der Waals surface area contributed by atoms with Crippen molar-refractivity contribution < 1.29 is 0 Å². The first-order valence-electron chi connectivity index (χ1n) is 9.03. The first-order chi connectivity index (χ1) is 10.4. The molecule has 122 valence electrons. The van der Waals surface area contributed by atoms with Crippen molar-refractivity contribution in [3.8, 4) is 0 Å². The van der Waals surface area contributed by atoms with Crippen LogP contribution in [0.2, 0.25) is 0 Å². The Morgan fingerprint density at radius 3 is 1.57 bits per heavy atom. The third kappa shape index (κ3) is 19.2. The van der Waals surface area contributed by atoms with Crippen molar-refractivity contribution in [1.29, 1.82) is 0 Å². The summed E-state index contributed by atoms with van der Waals surface area (Å²) in [5.41, 5.74) is 5.45. The van der Waals surface area contributed by atoms with E-state index in [1.807, 2.05) is 0 Å². The molecule has 0 bridgehead atoms. The minimum atomic E-state index is 0.815. The van der Waals surface area contributed by atoms with Gasteiger partial charge in [0.05, 0.1) is 0 Å². The molecule has 1 nitrogen and oxygen atoms in total. The topological polar surface area (TPSA) is 26.0 Å². The maximum absolute atomic E-state index is 5.45. The summed E-state index contributed by atoms with van der Waals surface area (Å²) in [6.07, 6.45) is 29.2. The van der Waals surface area contributed by atoms with Crippen LogP contribution in [0.4, 0.5) is 0 Å². The first-order valence-corrected chi connectivity index (χ1v) is 9.03. The molecule has 0 radical (unpaired) electrons. The highest BCUT2D eigenvalue weighted by Gasteiger charge is 1.90. The quantitative estimate of drug-likeness (QED) is 0.277. The van der Waals surface area contributed by atoms with Crippen molar-refractivity contribution in [1.82, 2.24) is 0 Å². The Balaban J connectivity index is 3.09. The van der Waals surface area contributed by atoms with Crippen molar-refractivity contribution in [3.05, 3.63) is 36.5 Å². The number of allylic oxidation sites excluding steroid dienone is 6. The molecule has 0 aliphatic carbocycles. The van der Waals surface area contributed by atoms with Gasteiger partial charge in [0.15, 0.2) is 0 Å². The number of unbranched alkanes of at least 4 members (excludes halogenated alkanes) is 9. The van der Waals surface area contributed by atoms with Gasteiger partial charge in [-0.05, 0) is 58.4 Å². The van der Waals surface area contributed by atoms with Crippen molar-refractivity contribution in [2.24, 2.45) is 5.73 Å².